The largest absolute Gasteiger partial charge is 0.479 e. The fraction of sp³-hybridized carbons (Fsp3) is 0.273. The molecule has 5 nitrogen and oxygen atoms in total. The molecule has 0 unspecified atom stereocenters. The van der Waals surface area contributed by atoms with Gasteiger partial charge in [0, 0.05) is 6.54 Å². The molecule has 2 atom stereocenters. The Morgan fingerprint density at radius 2 is 1.94 bits per heavy atom. The fourth-order valence-corrected chi connectivity index (χ4v) is 1.39. The van der Waals surface area contributed by atoms with Crippen LogP contribution in [-0.2, 0) is 20.9 Å². The number of carboxylic acid groups (broad SMARTS) is 1. The van der Waals surface area contributed by atoms with E-state index in [2.05, 4.69) is 5.32 Å². The highest BCUT2D eigenvalue weighted by Gasteiger charge is 2.50. The van der Waals surface area contributed by atoms with Crippen LogP contribution in [0.15, 0.2) is 30.3 Å². The predicted molar refractivity (Wildman–Crippen MR) is 54.6 cm³/mol. The average Bonchev–Trinajstić information content (AvgIpc) is 3.07. The Morgan fingerprint density at radius 3 is 2.50 bits per heavy atom. The highest BCUT2D eigenvalue weighted by atomic mass is 16.6. The van der Waals surface area contributed by atoms with Crippen molar-refractivity contribution in [1.82, 2.24) is 5.32 Å². The van der Waals surface area contributed by atoms with Crippen molar-refractivity contribution < 1.29 is 19.4 Å². The SMILES string of the molecule is O=C(O)[C@H]1O[C@@H]1C(=O)NCc1ccccc1. The Bertz CT molecular complexity index is 404. The van der Waals surface area contributed by atoms with Crippen molar-refractivity contribution in [3.63, 3.8) is 0 Å². The monoisotopic (exact) mass is 221 g/mol. The first-order valence-electron chi connectivity index (χ1n) is 4.88. The number of carboxylic acids is 1. The van der Waals surface area contributed by atoms with E-state index in [1.54, 1.807) is 0 Å². The molecule has 0 aromatic heterocycles. The molecule has 1 aliphatic rings. The minimum Gasteiger partial charge on any atom is -0.479 e. The second kappa shape index (κ2) is 4.32. The number of ether oxygens (including phenoxy) is 1. The lowest BCUT2D eigenvalue weighted by Crippen LogP contribution is -2.29. The first kappa shape index (κ1) is 10.6. The minimum absolute atomic E-state index is 0.378. The zero-order valence-electron chi connectivity index (χ0n) is 8.42. The zero-order valence-corrected chi connectivity index (χ0v) is 8.42. The van der Waals surface area contributed by atoms with Gasteiger partial charge in [0.25, 0.3) is 5.91 Å². The number of hydrogen-bond acceptors (Lipinski definition) is 3. The average molecular weight is 221 g/mol. The highest BCUT2D eigenvalue weighted by Crippen LogP contribution is 2.22. The number of carbonyl (C=O) groups is 2. The summed E-state index contributed by atoms with van der Waals surface area (Å²) in [7, 11) is 0. The molecule has 0 saturated carbocycles. The summed E-state index contributed by atoms with van der Waals surface area (Å²) in [4.78, 5) is 21.8. The Hall–Kier alpha value is -1.88. The summed E-state index contributed by atoms with van der Waals surface area (Å²) in [6.45, 7) is 0.381. The van der Waals surface area contributed by atoms with Gasteiger partial charge in [0.05, 0.1) is 0 Å². The van der Waals surface area contributed by atoms with E-state index in [1.165, 1.54) is 0 Å². The van der Waals surface area contributed by atoms with E-state index < -0.39 is 18.2 Å². The van der Waals surface area contributed by atoms with Crippen LogP contribution in [0, 0.1) is 0 Å². The van der Waals surface area contributed by atoms with Crippen LogP contribution >= 0.6 is 0 Å². The first-order chi connectivity index (χ1) is 7.68. The molecule has 0 aliphatic carbocycles. The molecule has 1 fully saturated rings. The molecule has 1 aromatic rings. The Labute approximate surface area is 92.0 Å². The quantitative estimate of drug-likeness (QED) is 0.709. The van der Waals surface area contributed by atoms with E-state index in [-0.39, 0.29) is 5.91 Å². The van der Waals surface area contributed by atoms with Crippen molar-refractivity contribution in [3.05, 3.63) is 35.9 Å². The molecule has 0 spiro atoms. The maximum absolute atomic E-state index is 11.4. The van der Waals surface area contributed by atoms with Crippen LogP contribution in [-0.4, -0.2) is 29.2 Å². The number of nitrogens with one attached hydrogen (secondary N) is 1. The summed E-state index contributed by atoms with van der Waals surface area (Å²) in [5.74, 6) is -1.48. The summed E-state index contributed by atoms with van der Waals surface area (Å²) in [5.41, 5.74) is 0.961. The van der Waals surface area contributed by atoms with Crippen molar-refractivity contribution in [3.8, 4) is 0 Å². The second-order valence-electron chi connectivity index (χ2n) is 3.52. The summed E-state index contributed by atoms with van der Waals surface area (Å²) in [5, 5.41) is 11.2. The molecule has 0 radical (unpaired) electrons. The number of epoxide rings is 1. The maximum atomic E-state index is 11.4. The number of benzene rings is 1. The highest BCUT2D eigenvalue weighted by molar-refractivity contribution is 5.91. The summed E-state index contributed by atoms with van der Waals surface area (Å²) >= 11 is 0. The molecule has 2 rings (SSSR count). The van der Waals surface area contributed by atoms with Gasteiger partial charge in [-0.1, -0.05) is 30.3 Å². The number of amides is 1. The smallest absolute Gasteiger partial charge is 0.336 e. The van der Waals surface area contributed by atoms with E-state index in [0.717, 1.165) is 5.56 Å². The minimum atomic E-state index is -1.10. The van der Waals surface area contributed by atoms with Crippen LogP contribution in [0.3, 0.4) is 0 Å². The van der Waals surface area contributed by atoms with Crippen LogP contribution < -0.4 is 5.32 Å². The molecule has 16 heavy (non-hydrogen) atoms. The van der Waals surface area contributed by atoms with Crippen LogP contribution in [0.2, 0.25) is 0 Å². The molecule has 1 aliphatic heterocycles. The first-order valence-corrected chi connectivity index (χ1v) is 4.88. The summed E-state index contributed by atoms with van der Waals surface area (Å²) in [6, 6.07) is 9.38. The van der Waals surface area contributed by atoms with Gasteiger partial charge in [0.1, 0.15) is 0 Å². The lowest BCUT2D eigenvalue weighted by Gasteiger charge is -2.02. The van der Waals surface area contributed by atoms with Gasteiger partial charge in [-0.3, -0.25) is 4.79 Å². The molecule has 1 aromatic carbocycles. The van der Waals surface area contributed by atoms with Crippen molar-refractivity contribution in [1.29, 1.82) is 0 Å². The van der Waals surface area contributed by atoms with E-state index in [9.17, 15) is 9.59 Å². The van der Waals surface area contributed by atoms with Crippen molar-refractivity contribution in [2.24, 2.45) is 0 Å². The van der Waals surface area contributed by atoms with Crippen molar-refractivity contribution >= 4 is 11.9 Å². The Morgan fingerprint density at radius 1 is 1.25 bits per heavy atom. The number of aliphatic carboxylic acids is 1. The van der Waals surface area contributed by atoms with Crippen molar-refractivity contribution in [2.75, 3.05) is 0 Å². The number of carbonyl (C=O) groups excluding carboxylic acids is 1. The third-order valence-electron chi connectivity index (χ3n) is 2.30. The van der Waals surface area contributed by atoms with Gasteiger partial charge in [0.2, 0.25) is 0 Å². The van der Waals surface area contributed by atoms with E-state index in [4.69, 9.17) is 9.84 Å². The summed E-state index contributed by atoms with van der Waals surface area (Å²) in [6.07, 6.45) is -1.81. The maximum Gasteiger partial charge on any atom is 0.336 e. The molecule has 1 amide bonds. The summed E-state index contributed by atoms with van der Waals surface area (Å²) < 4.78 is 4.72. The van der Waals surface area contributed by atoms with Crippen LogP contribution in [0.1, 0.15) is 5.56 Å². The van der Waals surface area contributed by atoms with Gasteiger partial charge in [0.15, 0.2) is 12.2 Å². The fourth-order valence-electron chi connectivity index (χ4n) is 1.39. The molecule has 0 bridgehead atoms. The molecular formula is C11H11NO4. The van der Waals surface area contributed by atoms with E-state index in [1.807, 2.05) is 30.3 Å². The Balaban J connectivity index is 1.80. The van der Waals surface area contributed by atoms with Gasteiger partial charge >= 0.3 is 5.97 Å². The Kier molecular flexibility index (Phi) is 2.87. The third-order valence-corrected chi connectivity index (χ3v) is 2.30. The predicted octanol–water partition coefficient (Wildman–Crippen LogP) is 0.155. The standard InChI is InChI=1S/C11H11NO4/c13-10(8-9(16-8)11(14)15)12-6-7-4-2-1-3-5-7/h1-5,8-9H,6H2,(H,12,13)(H,14,15)/t8-,9-/m0/s1. The van der Waals surface area contributed by atoms with Crippen LogP contribution in [0.4, 0.5) is 0 Å². The molecule has 1 saturated heterocycles. The number of rotatable bonds is 4. The van der Waals surface area contributed by atoms with Gasteiger partial charge in [-0.25, -0.2) is 4.79 Å². The van der Waals surface area contributed by atoms with Crippen LogP contribution in [0.5, 0.6) is 0 Å². The third kappa shape index (κ3) is 2.38. The van der Waals surface area contributed by atoms with Gasteiger partial charge in [-0.15, -0.1) is 0 Å². The topological polar surface area (TPSA) is 78.9 Å². The molecule has 5 heteroatoms. The van der Waals surface area contributed by atoms with Crippen LogP contribution in [0.25, 0.3) is 0 Å². The molecule has 84 valence electrons. The molecular weight excluding hydrogens is 210 g/mol. The lowest BCUT2D eigenvalue weighted by atomic mass is 10.2. The lowest BCUT2D eigenvalue weighted by molar-refractivity contribution is -0.138. The van der Waals surface area contributed by atoms with Gasteiger partial charge < -0.3 is 15.2 Å². The zero-order chi connectivity index (χ0) is 11.5. The second-order valence-corrected chi connectivity index (χ2v) is 3.52. The van der Waals surface area contributed by atoms with Gasteiger partial charge in [-0.05, 0) is 5.56 Å². The van der Waals surface area contributed by atoms with E-state index >= 15 is 0 Å². The van der Waals surface area contributed by atoms with Crippen molar-refractivity contribution in [2.45, 2.75) is 18.8 Å². The van der Waals surface area contributed by atoms with E-state index in [0.29, 0.717) is 6.54 Å². The normalized spacial score (nSPS) is 22.5. The molecule has 1 heterocycles. The molecule has 2 N–H and O–H groups in total. The van der Waals surface area contributed by atoms with Gasteiger partial charge in [-0.2, -0.15) is 0 Å². The number of hydrogen-bond donors (Lipinski definition) is 2.